The predicted octanol–water partition coefficient (Wildman–Crippen LogP) is 4.43. The van der Waals surface area contributed by atoms with Crippen molar-refractivity contribution in [2.75, 3.05) is 12.0 Å². The van der Waals surface area contributed by atoms with Crippen LogP contribution in [0, 0.1) is 5.82 Å². The number of hydrogen-bond acceptors (Lipinski definition) is 4. The van der Waals surface area contributed by atoms with Gasteiger partial charge in [-0.05, 0) is 37.3 Å². The molecule has 8 heteroatoms. The van der Waals surface area contributed by atoms with E-state index in [2.05, 4.69) is 10.4 Å². The van der Waals surface area contributed by atoms with E-state index in [1.165, 1.54) is 23.1 Å². The molecule has 5 rings (SSSR count). The topological polar surface area (TPSA) is 76.5 Å². The molecule has 0 bridgehead atoms. The van der Waals surface area contributed by atoms with Gasteiger partial charge < -0.3 is 10.1 Å². The molecule has 1 unspecified atom stereocenters. The molecule has 0 radical (unpaired) electrons. The van der Waals surface area contributed by atoms with Gasteiger partial charge in [-0.3, -0.25) is 19.2 Å². The minimum Gasteiger partial charge on any atom is -0.496 e. The van der Waals surface area contributed by atoms with E-state index in [-0.39, 0.29) is 13.1 Å². The molecule has 3 aromatic carbocycles. The number of aromatic nitrogens is 2. The van der Waals surface area contributed by atoms with E-state index < -0.39 is 23.2 Å². The van der Waals surface area contributed by atoms with E-state index in [4.69, 9.17) is 4.74 Å². The Morgan fingerprint density at radius 2 is 1.81 bits per heavy atom. The zero-order valence-corrected chi connectivity index (χ0v) is 19.9. The van der Waals surface area contributed by atoms with Gasteiger partial charge in [0.15, 0.2) is 0 Å². The second kappa shape index (κ2) is 9.30. The van der Waals surface area contributed by atoms with E-state index in [1.807, 2.05) is 54.6 Å². The fourth-order valence-electron chi connectivity index (χ4n) is 4.57. The highest BCUT2D eigenvalue weighted by atomic mass is 19.1. The predicted molar refractivity (Wildman–Crippen MR) is 134 cm³/mol. The summed E-state index contributed by atoms with van der Waals surface area (Å²) in [6, 6.07) is 24.3. The molecule has 0 spiro atoms. The summed E-state index contributed by atoms with van der Waals surface area (Å²) >= 11 is 0. The Morgan fingerprint density at radius 3 is 2.56 bits per heavy atom. The van der Waals surface area contributed by atoms with Gasteiger partial charge in [0.25, 0.3) is 5.91 Å². The highest BCUT2D eigenvalue weighted by Gasteiger charge is 2.49. The number of fused-ring (bicyclic) bond motifs is 1. The third-order valence-corrected chi connectivity index (χ3v) is 6.41. The lowest BCUT2D eigenvalue weighted by Crippen LogP contribution is -2.64. The first-order valence-corrected chi connectivity index (χ1v) is 11.5. The molecule has 7 nitrogen and oxygen atoms in total. The molecule has 0 aliphatic carbocycles. The summed E-state index contributed by atoms with van der Waals surface area (Å²) in [6.45, 7) is 1.96. The van der Waals surface area contributed by atoms with E-state index in [0.29, 0.717) is 22.8 Å². The number of anilines is 1. The average Bonchev–Trinajstić information content (AvgIpc) is 3.32. The number of nitrogens with one attached hydrogen (secondary N) is 1. The molecule has 1 aromatic heterocycles. The highest BCUT2D eigenvalue weighted by Crippen LogP contribution is 2.34. The van der Waals surface area contributed by atoms with Crippen molar-refractivity contribution in [1.29, 1.82) is 0 Å². The first-order chi connectivity index (χ1) is 17.4. The second-order valence-electron chi connectivity index (χ2n) is 8.83. The van der Waals surface area contributed by atoms with Gasteiger partial charge in [-0.2, -0.15) is 5.10 Å². The van der Waals surface area contributed by atoms with Crippen LogP contribution >= 0.6 is 0 Å². The number of benzene rings is 3. The van der Waals surface area contributed by atoms with Crippen molar-refractivity contribution in [2.24, 2.45) is 0 Å². The van der Waals surface area contributed by atoms with Crippen LogP contribution in [-0.2, 0) is 17.9 Å². The fourth-order valence-corrected chi connectivity index (χ4v) is 4.57. The summed E-state index contributed by atoms with van der Waals surface area (Å²) in [5, 5.41) is 7.58. The summed E-state index contributed by atoms with van der Waals surface area (Å²) in [4.78, 5) is 28.9. The van der Waals surface area contributed by atoms with Crippen LogP contribution in [0.3, 0.4) is 0 Å². The molecule has 2 heterocycles. The first kappa shape index (κ1) is 23.3. The van der Waals surface area contributed by atoms with Gasteiger partial charge in [0, 0.05) is 23.4 Å². The van der Waals surface area contributed by atoms with Crippen molar-refractivity contribution in [1.82, 2.24) is 15.1 Å². The average molecular weight is 485 g/mol. The Balaban J connectivity index is 1.54. The lowest BCUT2D eigenvalue weighted by atomic mass is 9.93. The molecule has 0 saturated heterocycles. The van der Waals surface area contributed by atoms with Crippen molar-refractivity contribution < 1.29 is 18.7 Å². The zero-order chi connectivity index (χ0) is 25.3. The zero-order valence-electron chi connectivity index (χ0n) is 19.9. The summed E-state index contributed by atoms with van der Waals surface area (Å²) in [6.07, 6.45) is 0. The number of rotatable bonds is 6. The lowest BCUT2D eigenvalue weighted by Gasteiger charge is -2.43. The molecule has 1 aliphatic rings. The second-order valence-corrected chi connectivity index (χ2v) is 8.83. The molecular weight excluding hydrogens is 459 g/mol. The van der Waals surface area contributed by atoms with Crippen LogP contribution in [0.1, 0.15) is 23.0 Å². The molecule has 36 heavy (non-hydrogen) atoms. The lowest BCUT2D eigenvalue weighted by molar-refractivity contribution is -0.126. The van der Waals surface area contributed by atoms with Gasteiger partial charge in [0.1, 0.15) is 22.8 Å². The molecule has 182 valence electrons. The number of methoxy groups -OCH3 is 1. The number of halogens is 1. The molecule has 4 aromatic rings. The van der Waals surface area contributed by atoms with Gasteiger partial charge in [-0.15, -0.1) is 0 Å². The maximum atomic E-state index is 14.2. The number of carbonyl (C=O) groups excluding carboxylic acids is 2. The molecule has 0 fully saturated rings. The van der Waals surface area contributed by atoms with Crippen molar-refractivity contribution in [3.05, 3.63) is 102 Å². The van der Waals surface area contributed by atoms with Gasteiger partial charge >= 0.3 is 0 Å². The Morgan fingerprint density at radius 1 is 1.06 bits per heavy atom. The van der Waals surface area contributed by atoms with E-state index in [0.717, 1.165) is 11.1 Å². The van der Waals surface area contributed by atoms with Crippen LogP contribution in [-0.4, -0.2) is 34.2 Å². The SMILES string of the molecule is COc1ccccc1CNC(=O)C1(C)Cn2nc(-c3ccccc3)cc2C(=O)N1c1cccc(F)c1. The fraction of sp³-hybridized carbons (Fsp3) is 0.179. The number of para-hydroxylation sites is 1. The van der Waals surface area contributed by atoms with Crippen LogP contribution in [0.25, 0.3) is 11.3 Å². The summed E-state index contributed by atoms with van der Waals surface area (Å²) in [5.41, 5.74) is 1.52. The van der Waals surface area contributed by atoms with E-state index in [1.54, 1.807) is 30.8 Å². The van der Waals surface area contributed by atoms with Crippen LogP contribution in [0.2, 0.25) is 0 Å². The number of nitrogens with zero attached hydrogens (tertiary/aromatic N) is 3. The molecule has 1 N–H and O–H groups in total. The maximum absolute atomic E-state index is 14.2. The van der Waals surface area contributed by atoms with Crippen LogP contribution in [0.15, 0.2) is 84.9 Å². The van der Waals surface area contributed by atoms with Crippen LogP contribution < -0.4 is 15.0 Å². The van der Waals surface area contributed by atoms with Crippen molar-refractivity contribution in [2.45, 2.75) is 25.6 Å². The summed E-state index contributed by atoms with van der Waals surface area (Å²) < 4.78 is 21.2. The third-order valence-electron chi connectivity index (χ3n) is 6.41. The third kappa shape index (κ3) is 4.11. The Labute approximate surface area is 208 Å². The Hall–Kier alpha value is -4.46. The number of carbonyl (C=O) groups is 2. The van der Waals surface area contributed by atoms with Gasteiger partial charge in [0.2, 0.25) is 5.91 Å². The Kier molecular flexibility index (Phi) is 6.01. The van der Waals surface area contributed by atoms with E-state index >= 15 is 0 Å². The highest BCUT2D eigenvalue weighted by molar-refractivity contribution is 6.12. The van der Waals surface area contributed by atoms with Crippen LogP contribution in [0.4, 0.5) is 10.1 Å². The van der Waals surface area contributed by atoms with Gasteiger partial charge in [-0.25, -0.2) is 4.39 Å². The smallest absolute Gasteiger partial charge is 0.277 e. The minimum absolute atomic E-state index is 0.0924. The van der Waals surface area contributed by atoms with Crippen molar-refractivity contribution in [3.8, 4) is 17.0 Å². The van der Waals surface area contributed by atoms with Gasteiger partial charge in [-0.1, -0.05) is 54.6 Å². The standard InChI is InChI=1S/C28H25FN4O3/c1-28(27(35)30-17-20-11-6-7-14-25(20)36-2)18-32-24(16-23(31-32)19-9-4-3-5-10-19)26(34)33(28)22-13-8-12-21(29)15-22/h3-16H,17-18H2,1-2H3,(H,30,35). The number of hydrogen-bond donors (Lipinski definition) is 1. The molecular formula is C28H25FN4O3. The quantitative estimate of drug-likeness (QED) is 0.439. The Bertz CT molecular complexity index is 1440. The molecule has 2 amide bonds. The molecule has 1 aliphatic heterocycles. The number of amides is 2. The molecule has 0 saturated carbocycles. The van der Waals surface area contributed by atoms with Crippen molar-refractivity contribution >= 4 is 17.5 Å². The van der Waals surface area contributed by atoms with Crippen LogP contribution in [0.5, 0.6) is 5.75 Å². The van der Waals surface area contributed by atoms with Gasteiger partial charge in [0.05, 0.1) is 19.3 Å². The maximum Gasteiger partial charge on any atom is 0.277 e. The summed E-state index contributed by atoms with van der Waals surface area (Å²) in [5.74, 6) is -0.683. The largest absolute Gasteiger partial charge is 0.496 e. The minimum atomic E-state index is -1.38. The first-order valence-electron chi connectivity index (χ1n) is 11.5. The summed E-state index contributed by atoms with van der Waals surface area (Å²) in [7, 11) is 1.57. The van der Waals surface area contributed by atoms with Crippen molar-refractivity contribution in [3.63, 3.8) is 0 Å². The monoisotopic (exact) mass is 484 g/mol. The normalized spacial score (nSPS) is 17.0. The number of ether oxygens (including phenoxy) is 1. The van der Waals surface area contributed by atoms with E-state index in [9.17, 15) is 14.0 Å². The molecule has 1 atom stereocenters.